The lowest BCUT2D eigenvalue weighted by Crippen LogP contribution is -2.06. The number of carbonyl (C=O) groups excluding carboxylic acids is 1. The summed E-state index contributed by atoms with van der Waals surface area (Å²) >= 11 is 12.4. The fourth-order valence-electron chi connectivity index (χ4n) is 3.82. The summed E-state index contributed by atoms with van der Waals surface area (Å²) in [6.45, 7) is 0.512. The third-order valence-electron chi connectivity index (χ3n) is 5.54. The van der Waals surface area contributed by atoms with E-state index in [4.69, 9.17) is 32.9 Å². The zero-order valence-corrected chi connectivity index (χ0v) is 20.1. The molecule has 0 radical (unpaired) electrons. The van der Waals surface area contributed by atoms with Crippen LogP contribution < -0.4 is 0 Å². The topological polar surface area (TPSA) is 44.1 Å². The van der Waals surface area contributed by atoms with Gasteiger partial charge in [-0.3, -0.25) is 0 Å². The van der Waals surface area contributed by atoms with Crippen molar-refractivity contribution in [2.45, 2.75) is 6.54 Å². The summed E-state index contributed by atoms with van der Waals surface area (Å²) < 4.78 is 7.96. The largest absolute Gasteiger partial charge is 0.422 e. The van der Waals surface area contributed by atoms with E-state index in [0.717, 1.165) is 22.2 Å². The lowest BCUT2D eigenvalue weighted by Gasteiger charge is -2.12. The molecule has 0 bridgehead atoms. The molecule has 0 atom stereocenters. The maximum Gasteiger partial charge on any atom is 0.343 e. The van der Waals surface area contributed by atoms with Gasteiger partial charge in [0.1, 0.15) is 11.6 Å². The smallest absolute Gasteiger partial charge is 0.343 e. The maximum absolute atomic E-state index is 12.9. The van der Waals surface area contributed by atoms with Crippen molar-refractivity contribution in [1.82, 2.24) is 9.55 Å². The summed E-state index contributed by atoms with van der Waals surface area (Å²) in [7, 11) is 0. The molecule has 0 aliphatic rings. The van der Waals surface area contributed by atoms with E-state index in [9.17, 15) is 4.79 Å². The number of hydrogen-bond acceptors (Lipinski definition) is 3. The Bertz CT molecular complexity index is 1530. The fraction of sp³-hybridized carbons (Fsp3) is 0.0345. The van der Waals surface area contributed by atoms with Crippen molar-refractivity contribution in [3.8, 4) is 0 Å². The van der Waals surface area contributed by atoms with E-state index in [-0.39, 0.29) is 0 Å². The first kappa shape index (κ1) is 22.9. The number of hydrogen-bond donors (Lipinski definition) is 0. The van der Waals surface area contributed by atoms with Gasteiger partial charge in [0.25, 0.3) is 0 Å². The first-order valence-corrected chi connectivity index (χ1v) is 11.8. The van der Waals surface area contributed by atoms with Crippen molar-refractivity contribution in [2.75, 3.05) is 0 Å². The number of fused-ring (bicyclic) bond motifs is 1. The van der Waals surface area contributed by atoms with Crippen LogP contribution in [0.5, 0.6) is 0 Å². The lowest BCUT2D eigenvalue weighted by atomic mass is 10.1. The van der Waals surface area contributed by atoms with Crippen LogP contribution in [0.3, 0.4) is 0 Å². The molecule has 0 saturated heterocycles. The third kappa shape index (κ3) is 5.14. The number of rotatable bonds is 6. The van der Waals surface area contributed by atoms with Gasteiger partial charge in [-0.2, -0.15) is 0 Å². The number of benzene rings is 4. The van der Waals surface area contributed by atoms with Crippen molar-refractivity contribution in [3.63, 3.8) is 0 Å². The van der Waals surface area contributed by atoms with Gasteiger partial charge in [0.15, 0.2) is 0 Å². The van der Waals surface area contributed by atoms with Crippen LogP contribution >= 0.6 is 23.2 Å². The molecule has 172 valence electrons. The molecular formula is C29H20Cl2N2O2. The van der Waals surface area contributed by atoms with E-state index in [1.54, 1.807) is 36.4 Å². The van der Waals surface area contributed by atoms with Crippen molar-refractivity contribution >= 4 is 52.0 Å². The number of ether oxygens (including phenoxy) is 1. The van der Waals surface area contributed by atoms with E-state index in [1.165, 1.54) is 0 Å². The van der Waals surface area contributed by atoms with Crippen LogP contribution in [0.1, 0.15) is 27.3 Å². The summed E-state index contributed by atoms with van der Waals surface area (Å²) in [4.78, 5) is 17.7. The highest BCUT2D eigenvalue weighted by Crippen LogP contribution is 2.27. The lowest BCUT2D eigenvalue weighted by molar-refractivity contribution is 0.0693. The average Bonchev–Trinajstić information content (AvgIpc) is 3.23. The Morgan fingerprint density at radius 2 is 1.46 bits per heavy atom. The van der Waals surface area contributed by atoms with E-state index in [1.807, 2.05) is 72.8 Å². The molecule has 4 aromatic carbocycles. The van der Waals surface area contributed by atoms with Gasteiger partial charge in [0.2, 0.25) is 0 Å². The Balaban J connectivity index is 1.61. The van der Waals surface area contributed by atoms with Crippen molar-refractivity contribution in [1.29, 1.82) is 0 Å². The second kappa shape index (κ2) is 10.2. The molecule has 0 amide bonds. The highest BCUT2D eigenvalue weighted by molar-refractivity contribution is 6.42. The van der Waals surface area contributed by atoms with Gasteiger partial charge in [0.05, 0.1) is 26.6 Å². The number of carbonyl (C=O) groups is 1. The molecule has 0 spiro atoms. The van der Waals surface area contributed by atoms with Crippen molar-refractivity contribution in [3.05, 3.63) is 136 Å². The fourth-order valence-corrected chi connectivity index (χ4v) is 4.14. The van der Waals surface area contributed by atoms with Crippen LogP contribution in [0.25, 0.3) is 22.9 Å². The van der Waals surface area contributed by atoms with Gasteiger partial charge < -0.3 is 9.30 Å². The van der Waals surface area contributed by atoms with E-state index in [0.29, 0.717) is 33.7 Å². The molecule has 1 heterocycles. The predicted octanol–water partition coefficient (Wildman–Crippen LogP) is 7.75. The summed E-state index contributed by atoms with van der Waals surface area (Å²) in [6.07, 6.45) is 1.80. The predicted molar refractivity (Wildman–Crippen MR) is 141 cm³/mol. The SMILES string of the molecule is O=C(O/C(=C\c1nc2ccccc2n1Cc1ccc(Cl)c(Cl)c1)c1ccccc1)c1ccccc1. The van der Waals surface area contributed by atoms with Crippen LogP contribution in [0, 0.1) is 0 Å². The minimum atomic E-state index is -0.437. The second-order valence-electron chi connectivity index (χ2n) is 7.92. The molecular weight excluding hydrogens is 479 g/mol. The standard InChI is InChI=1S/C29H20Cl2N2O2/c30-23-16-15-20(17-24(23)31)19-33-26-14-8-7-13-25(26)32-28(33)18-27(21-9-3-1-4-10-21)35-29(34)22-11-5-2-6-12-22/h1-18H,19H2/b27-18-. The maximum atomic E-state index is 12.9. The average molecular weight is 499 g/mol. The number of esters is 1. The zero-order valence-electron chi connectivity index (χ0n) is 18.6. The molecule has 0 aliphatic carbocycles. The van der Waals surface area contributed by atoms with Gasteiger partial charge in [-0.15, -0.1) is 0 Å². The molecule has 5 aromatic rings. The minimum absolute atomic E-state index is 0.408. The van der Waals surface area contributed by atoms with Crippen molar-refractivity contribution < 1.29 is 9.53 Å². The molecule has 1 aromatic heterocycles. The third-order valence-corrected chi connectivity index (χ3v) is 6.28. The zero-order chi connectivity index (χ0) is 24.2. The first-order chi connectivity index (χ1) is 17.1. The summed E-state index contributed by atoms with van der Waals surface area (Å²) in [5.74, 6) is 0.620. The summed E-state index contributed by atoms with van der Waals surface area (Å²) in [6, 6.07) is 31.9. The Morgan fingerprint density at radius 3 is 2.17 bits per heavy atom. The molecule has 5 rings (SSSR count). The van der Waals surface area contributed by atoms with Gasteiger partial charge in [-0.25, -0.2) is 9.78 Å². The van der Waals surface area contributed by atoms with Crippen LogP contribution in [0.4, 0.5) is 0 Å². The van der Waals surface area contributed by atoms with Crippen LogP contribution in [-0.4, -0.2) is 15.5 Å². The molecule has 0 fully saturated rings. The monoisotopic (exact) mass is 498 g/mol. The van der Waals surface area contributed by atoms with E-state index >= 15 is 0 Å². The van der Waals surface area contributed by atoms with Gasteiger partial charge in [-0.05, 0) is 42.0 Å². The first-order valence-electron chi connectivity index (χ1n) is 11.0. The molecule has 0 saturated carbocycles. The highest BCUT2D eigenvalue weighted by Gasteiger charge is 2.16. The number of nitrogens with zero attached hydrogens (tertiary/aromatic N) is 2. The number of aromatic nitrogens is 2. The van der Waals surface area contributed by atoms with Gasteiger partial charge >= 0.3 is 5.97 Å². The quantitative estimate of drug-likeness (QED) is 0.177. The Labute approximate surface area is 213 Å². The van der Waals surface area contributed by atoms with Gasteiger partial charge in [-0.1, -0.05) is 89.9 Å². The number of halogens is 2. The van der Waals surface area contributed by atoms with E-state index < -0.39 is 5.97 Å². The highest BCUT2D eigenvalue weighted by atomic mass is 35.5. The minimum Gasteiger partial charge on any atom is -0.422 e. The Morgan fingerprint density at radius 1 is 0.800 bits per heavy atom. The molecule has 0 aliphatic heterocycles. The molecule has 6 heteroatoms. The van der Waals surface area contributed by atoms with Crippen LogP contribution in [0.2, 0.25) is 10.0 Å². The van der Waals surface area contributed by atoms with Crippen LogP contribution in [-0.2, 0) is 11.3 Å². The normalized spacial score (nSPS) is 11.5. The summed E-state index contributed by atoms with van der Waals surface area (Å²) in [5, 5.41) is 0.998. The summed E-state index contributed by atoms with van der Waals surface area (Å²) in [5.41, 5.74) is 4.00. The van der Waals surface area contributed by atoms with Crippen molar-refractivity contribution in [2.24, 2.45) is 0 Å². The molecule has 35 heavy (non-hydrogen) atoms. The second-order valence-corrected chi connectivity index (χ2v) is 8.74. The Hall–Kier alpha value is -3.86. The molecule has 0 N–H and O–H groups in total. The molecule has 4 nitrogen and oxygen atoms in total. The van der Waals surface area contributed by atoms with E-state index in [2.05, 4.69) is 4.57 Å². The Kier molecular flexibility index (Phi) is 6.66. The molecule has 0 unspecified atom stereocenters. The van der Waals surface area contributed by atoms with Crippen LogP contribution in [0.15, 0.2) is 103 Å². The number of imidazole rings is 1. The number of para-hydroxylation sites is 2. The van der Waals surface area contributed by atoms with Gasteiger partial charge in [0, 0.05) is 18.2 Å².